The average Bonchev–Trinajstić information content (AvgIpc) is 3.01. The normalized spacial score (nSPS) is 26.5. The molecule has 2 aliphatic rings. The first-order valence-electron chi connectivity index (χ1n) is 9.72. The van der Waals surface area contributed by atoms with Gasteiger partial charge in [-0.1, -0.05) is 13.3 Å². The van der Waals surface area contributed by atoms with Gasteiger partial charge in [0.2, 0.25) is 0 Å². The van der Waals surface area contributed by atoms with Crippen molar-refractivity contribution in [1.82, 2.24) is 10.3 Å². The van der Waals surface area contributed by atoms with E-state index in [1.807, 2.05) is 6.07 Å². The molecular weight excluding hydrogens is 314 g/mol. The summed E-state index contributed by atoms with van der Waals surface area (Å²) in [5.41, 5.74) is 3.94. The lowest BCUT2D eigenvalue weighted by atomic mass is 9.83. The highest BCUT2D eigenvalue weighted by atomic mass is 16.6. The number of aromatic nitrogens is 1. The van der Waals surface area contributed by atoms with E-state index >= 15 is 0 Å². The molecular formula is C20H28N3O2+. The van der Waals surface area contributed by atoms with Crippen molar-refractivity contribution in [3.63, 3.8) is 0 Å². The first kappa shape index (κ1) is 16.6. The molecule has 5 nitrogen and oxygen atoms in total. The maximum absolute atomic E-state index is 11.2. The van der Waals surface area contributed by atoms with Gasteiger partial charge in [-0.3, -0.25) is 0 Å². The summed E-state index contributed by atoms with van der Waals surface area (Å²) in [7, 11) is 0. The van der Waals surface area contributed by atoms with Gasteiger partial charge in [0.25, 0.3) is 4.92 Å². The minimum atomic E-state index is -0.0520. The molecule has 1 atom stereocenters. The molecule has 1 saturated carbocycles. The first-order valence-corrected chi connectivity index (χ1v) is 9.72. The van der Waals surface area contributed by atoms with Gasteiger partial charge < -0.3 is 10.3 Å². The number of rotatable bonds is 4. The van der Waals surface area contributed by atoms with Crippen molar-refractivity contribution in [2.45, 2.75) is 70.4 Å². The minimum Gasteiger partial charge on any atom is -0.357 e. The highest BCUT2D eigenvalue weighted by molar-refractivity contribution is 5.87. The molecule has 1 unspecified atom stereocenters. The third kappa shape index (κ3) is 3.17. The maximum atomic E-state index is 11.2. The molecule has 0 bridgehead atoms. The van der Waals surface area contributed by atoms with E-state index in [1.54, 1.807) is 12.1 Å². The number of aromatic amines is 1. The molecule has 1 aromatic heterocycles. The highest BCUT2D eigenvalue weighted by Crippen LogP contribution is 2.37. The van der Waals surface area contributed by atoms with Crippen molar-refractivity contribution in [3.05, 3.63) is 34.4 Å². The molecule has 5 heteroatoms. The van der Waals surface area contributed by atoms with Crippen molar-refractivity contribution >= 4 is 16.6 Å². The van der Waals surface area contributed by atoms with Crippen LogP contribution in [0.1, 0.15) is 69.2 Å². The number of fused-ring (bicyclic) bond motifs is 3. The van der Waals surface area contributed by atoms with Crippen molar-refractivity contribution in [2.24, 2.45) is 5.92 Å². The topological polar surface area (TPSA) is 68.1 Å². The second-order valence-corrected chi connectivity index (χ2v) is 7.76. The van der Waals surface area contributed by atoms with E-state index in [2.05, 4.69) is 17.2 Å². The molecule has 0 aliphatic heterocycles. The predicted molar refractivity (Wildman–Crippen MR) is 98.2 cm³/mol. The fourth-order valence-corrected chi connectivity index (χ4v) is 4.76. The Kier molecular flexibility index (Phi) is 4.50. The Labute approximate surface area is 148 Å². The van der Waals surface area contributed by atoms with Crippen molar-refractivity contribution in [2.75, 3.05) is 0 Å². The Morgan fingerprint density at radius 3 is 2.76 bits per heavy atom. The van der Waals surface area contributed by atoms with Gasteiger partial charge in [0, 0.05) is 40.8 Å². The lowest BCUT2D eigenvalue weighted by Gasteiger charge is -2.33. The van der Waals surface area contributed by atoms with Crippen LogP contribution in [0.5, 0.6) is 0 Å². The monoisotopic (exact) mass is 342 g/mol. The number of H-pyrrole nitrogens is 1. The molecule has 2 aromatic rings. The average molecular weight is 342 g/mol. The zero-order chi connectivity index (χ0) is 17.4. The van der Waals surface area contributed by atoms with Gasteiger partial charge in [-0.15, -0.1) is 0 Å². The zero-order valence-corrected chi connectivity index (χ0v) is 14.9. The molecule has 0 radical (unpaired) electrons. The third-order valence-electron chi connectivity index (χ3n) is 6.27. The van der Waals surface area contributed by atoms with E-state index in [0.29, 0.717) is 17.8 Å². The Bertz CT molecular complexity index is 775. The molecule has 1 aromatic carbocycles. The van der Waals surface area contributed by atoms with Gasteiger partial charge in [-0.05, 0) is 62.5 Å². The molecule has 0 amide bonds. The quantitative estimate of drug-likeness (QED) is 0.692. The van der Waals surface area contributed by atoms with Crippen LogP contribution < -0.4 is 5.32 Å². The van der Waals surface area contributed by atoms with Crippen molar-refractivity contribution < 1.29 is 10.1 Å². The summed E-state index contributed by atoms with van der Waals surface area (Å²) in [6.07, 6.45) is 9.92. The highest BCUT2D eigenvalue weighted by Gasteiger charge is 2.29. The van der Waals surface area contributed by atoms with Crippen LogP contribution in [-0.2, 0) is 6.42 Å². The first-order chi connectivity index (χ1) is 12.2. The minimum absolute atomic E-state index is 0.0520. The summed E-state index contributed by atoms with van der Waals surface area (Å²) < 4.78 is 0. The van der Waals surface area contributed by atoms with Crippen molar-refractivity contribution in [3.8, 4) is 0 Å². The van der Waals surface area contributed by atoms with Gasteiger partial charge in [0.15, 0.2) is 0 Å². The van der Waals surface area contributed by atoms with Crippen LogP contribution in [0.15, 0.2) is 18.2 Å². The van der Waals surface area contributed by atoms with Gasteiger partial charge in [-0.25, -0.2) is 5.21 Å². The van der Waals surface area contributed by atoms with Crippen LogP contribution >= 0.6 is 0 Å². The summed E-state index contributed by atoms with van der Waals surface area (Å²) in [6, 6.07) is 6.35. The number of nitrogens with zero attached hydrogens (tertiary/aromatic N) is 1. The summed E-state index contributed by atoms with van der Waals surface area (Å²) in [5, 5.41) is 14.2. The van der Waals surface area contributed by atoms with E-state index in [1.165, 1.54) is 43.4 Å². The Morgan fingerprint density at radius 2 is 2.04 bits per heavy atom. The van der Waals surface area contributed by atoms with E-state index in [0.717, 1.165) is 36.1 Å². The zero-order valence-electron chi connectivity index (χ0n) is 14.9. The van der Waals surface area contributed by atoms with E-state index in [9.17, 15) is 10.1 Å². The van der Waals surface area contributed by atoms with E-state index in [-0.39, 0.29) is 4.92 Å². The Morgan fingerprint density at radius 1 is 1.24 bits per heavy atom. The molecule has 1 fully saturated rings. The molecule has 0 spiro atoms. The lowest BCUT2D eigenvalue weighted by Crippen LogP contribution is -2.37. The maximum Gasteiger partial charge on any atom is 0.317 e. The van der Waals surface area contributed by atoms with E-state index in [4.69, 9.17) is 0 Å². The van der Waals surface area contributed by atoms with Crippen LogP contribution in [0.4, 0.5) is 5.69 Å². The van der Waals surface area contributed by atoms with Crippen molar-refractivity contribution in [1.29, 1.82) is 0 Å². The Balaban J connectivity index is 1.57. The van der Waals surface area contributed by atoms with Crippen LogP contribution in [0.3, 0.4) is 0 Å². The molecule has 134 valence electrons. The van der Waals surface area contributed by atoms with Crippen LogP contribution in [0.2, 0.25) is 0 Å². The van der Waals surface area contributed by atoms with Crippen LogP contribution in [0.25, 0.3) is 10.9 Å². The summed E-state index contributed by atoms with van der Waals surface area (Å²) in [6.45, 7) is 2.31. The fraction of sp³-hybridized carbons (Fsp3) is 0.600. The van der Waals surface area contributed by atoms with Gasteiger partial charge in [0.1, 0.15) is 0 Å². The third-order valence-corrected chi connectivity index (χ3v) is 6.27. The number of hydrogen-bond donors (Lipinski definition) is 3. The molecule has 2 aliphatic carbocycles. The van der Waals surface area contributed by atoms with Crippen LogP contribution in [-0.4, -0.2) is 21.2 Å². The SMILES string of the molecule is CCC1CCC(NC2CCCc3c2[nH]c2ccc([N+](=O)O)cc32)CC1. The van der Waals surface area contributed by atoms with Gasteiger partial charge >= 0.3 is 5.69 Å². The molecule has 0 saturated heterocycles. The Hall–Kier alpha value is -1.88. The standard InChI is InChI=1S/C20H28N3O2/c1-2-13-6-8-14(9-7-13)21-19-5-3-4-16-17-12-15(23(24)25)10-11-18(17)22-20(16)19/h10-14,19,21-22H,2-9H2,1H3,(H,24,25)/q+1. The molecule has 1 heterocycles. The number of aryl methyl sites for hydroxylation is 1. The fourth-order valence-electron chi connectivity index (χ4n) is 4.76. The molecule has 4 rings (SSSR count). The number of hydrogen-bond acceptors (Lipinski definition) is 2. The number of benzene rings is 1. The lowest BCUT2D eigenvalue weighted by molar-refractivity contribution is -0.729. The summed E-state index contributed by atoms with van der Waals surface area (Å²) in [5.74, 6) is 0.917. The van der Waals surface area contributed by atoms with Gasteiger partial charge in [-0.2, -0.15) is 0 Å². The summed E-state index contributed by atoms with van der Waals surface area (Å²) in [4.78, 5) is 14.7. The number of nitrogens with one attached hydrogen (secondary N) is 2. The largest absolute Gasteiger partial charge is 0.357 e. The summed E-state index contributed by atoms with van der Waals surface area (Å²) >= 11 is 0. The molecule has 3 N–H and O–H groups in total. The smallest absolute Gasteiger partial charge is 0.317 e. The van der Waals surface area contributed by atoms with Gasteiger partial charge in [0.05, 0.1) is 4.91 Å². The molecule has 25 heavy (non-hydrogen) atoms. The predicted octanol–water partition coefficient (Wildman–Crippen LogP) is 4.90. The van der Waals surface area contributed by atoms with E-state index < -0.39 is 0 Å². The second kappa shape index (κ2) is 6.79. The second-order valence-electron chi connectivity index (χ2n) is 7.76. The van der Waals surface area contributed by atoms with Crippen LogP contribution in [0, 0.1) is 10.8 Å².